The van der Waals surface area contributed by atoms with Gasteiger partial charge in [-0.3, -0.25) is 10.1 Å². The van der Waals surface area contributed by atoms with E-state index in [0.717, 1.165) is 10.1 Å². The van der Waals surface area contributed by atoms with E-state index in [1.165, 1.54) is 0 Å². The first-order valence-corrected chi connectivity index (χ1v) is 5.91. The maximum Gasteiger partial charge on any atom is 0.293 e. The van der Waals surface area contributed by atoms with Crippen molar-refractivity contribution in [1.29, 1.82) is 0 Å². The molecule has 0 bridgehead atoms. The lowest BCUT2D eigenvalue weighted by Crippen LogP contribution is -2.21. The molecular formula is C10H14IN3O2. The van der Waals surface area contributed by atoms with E-state index in [1.54, 1.807) is 12.1 Å². The van der Waals surface area contributed by atoms with Crippen LogP contribution in [0.2, 0.25) is 0 Å². The smallest absolute Gasteiger partial charge is 0.293 e. The minimum absolute atomic E-state index is 0.130. The van der Waals surface area contributed by atoms with Crippen LogP contribution in [0.3, 0.4) is 0 Å². The Morgan fingerprint density at radius 1 is 1.50 bits per heavy atom. The van der Waals surface area contributed by atoms with Crippen LogP contribution in [0.15, 0.2) is 18.2 Å². The predicted molar refractivity (Wildman–Crippen MR) is 72.9 cm³/mol. The van der Waals surface area contributed by atoms with Gasteiger partial charge in [-0.25, -0.2) is 0 Å². The third-order valence-corrected chi connectivity index (χ3v) is 2.70. The van der Waals surface area contributed by atoms with Crippen LogP contribution in [0.25, 0.3) is 0 Å². The average molecular weight is 335 g/mol. The molecule has 0 fully saturated rings. The molecule has 0 aliphatic heterocycles. The summed E-state index contributed by atoms with van der Waals surface area (Å²) in [5.74, 6) is 0. The Bertz CT molecular complexity index is 382. The number of benzene rings is 1. The molecule has 0 aromatic heterocycles. The molecule has 1 rings (SSSR count). The van der Waals surface area contributed by atoms with E-state index in [9.17, 15) is 10.1 Å². The first kappa shape index (κ1) is 13.2. The molecule has 5 nitrogen and oxygen atoms in total. The molecule has 1 N–H and O–H groups in total. The van der Waals surface area contributed by atoms with Crippen molar-refractivity contribution in [2.45, 2.75) is 0 Å². The highest BCUT2D eigenvalue weighted by Crippen LogP contribution is 2.25. The van der Waals surface area contributed by atoms with Gasteiger partial charge in [-0.2, -0.15) is 0 Å². The van der Waals surface area contributed by atoms with E-state index >= 15 is 0 Å². The molecule has 0 atom stereocenters. The molecule has 16 heavy (non-hydrogen) atoms. The Morgan fingerprint density at radius 3 is 2.75 bits per heavy atom. The molecule has 1 aromatic rings. The van der Waals surface area contributed by atoms with Crippen LogP contribution in [0.1, 0.15) is 0 Å². The summed E-state index contributed by atoms with van der Waals surface area (Å²) >= 11 is 2.06. The second-order valence-electron chi connectivity index (χ2n) is 3.65. The van der Waals surface area contributed by atoms with Gasteiger partial charge in [-0.05, 0) is 48.8 Å². The SMILES string of the molecule is CN(C)CCNc1ccc(I)cc1[N+](=O)[O-]. The second kappa shape index (κ2) is 6.00. The third-order valence-electron chi connectivity index (χ3n) is 2.03. The molecule has 0 aliphatic rings. The van der Waals surface area contributed by atoms with E-state index < -0.39 is 0 Å². The zero-order valence-electron chi connectivity index (χ0n) is 9.24. The van der Waals surface area contributed by atoms with Crippen molar-refractivity contribution in [1.82, 2.24) is 4.90 Å². The van der Waals surface area contributed by atoms with Crippen LogP contribution in [-0.4, -0.2) is 37.0 Å². The number of nitrogens with zero attached hydrogens (tertiary/aromatic N) is 2. The lowest BCUT2D eigenvalue weighted by Gasteiger charge is -2.11. The molecule has 0 spiro atoms. The molecule has 0 saturated heterocycles. The van der Waals surface area contributed by atoms with Gasteiger partial charge in [-0.1, -0.05) is 0 Å². The maximum absolute atomic E-state index is 10.8. The summed E-state index contributed by atoms with van der Waals surface area (Å²) < 4.78 is 0.863. The van der Waals surface area contributed by atoms with Crippen LogP contribution in [0, 0.1) is 13.7 Å². The molecule has 1 aromatic carbocycles. The highest BCUT2D eigenvalue weighted by molar-refractivity contribution is 14.1. The summed E-state index contributed by atoms with van der Waals surface area (Å²) in [5, 5.41) is 13.9. The normalized spacial score (nSPS) is 10.5. The fourth-order valence-electron chi connectivity index (χ4n) is 1.22. The van der Waals surface area contributed by atoms with E-state index in [2.05, 4.69) is 27.9 Å². The number of nitrogens with one attached hydrogen (secondary N) is 1. The molecule has 0 amide bonds. The molecule has 0 radical (unpaired) electrons. The highest BCUT2D eigenvalue weighted by Gasteiger charge is 2.13. The van der Waals surface area contributed by atoms with Crippen molar-refractivity contribution in [3.63, 3.8) is 0 Å². The number of likely N-dealkylation sites (N-methyl/N-ethyl adjacent to an activating group) is 1. The Hall–Kier alpha value is -0.890. The van der Waals surface area contributed by atoms with Gasteiger partial charge in [0.2, 0.25) is 0 Å². The number of nitro benzene ring substituents is 1. The van der Waals surface area contributed by atoms with Gasteiger partial charge >= 0.3 is 0 Å². The molecule has 0 saturated carbocycles. The van der Waals surface area contributed by atoms with Crippen LogP contribution >= 0.6 is 22.6 Å². The summed E-state index contributed by atoms with van der Waals surface area (Å²) in [6.45, 7) is 1.53. The van der Waals surface area contributed by atoms with Crippen molar-refractivity contribution < 1.29 is 4.92 Å². The van der Waals surface area contributed by atoms with Crippen LogP contribution in [-0.2, 0) is 0 Å². The first-order chi connectivity index (χ1) is 7.50. The largest absolute Gasteiger partial charge is 0.378 e. The Balaban J connectivity index is 2.75. The summed E-state index contributed by atoms with van der Waals surface area (Å²) in [5.41, 5.74) is 0.706. The van der Waals surface area contributed by atoms with Crippen molar-refractivity contribution >= 4 is 34.0 Å². The predicted octanol–water partition coefficient (Wildman–Crippen LogP) is 2.17. The number of hydrogen-bond acceptors (Lipinski definition) is 4. The van der Waals surface area contributed by atoms with Gasteiger partial charge in [0.25, 0.3) is 5.69 Å². The number of hydrogen-bond donors (Lipinski definition) is 1. The van der Waals surface area contributed by atoms with Gasteiger partial charge in [0.1, 0.15) is 5.69 Å². The lowest BCUT2D eigenvalue weighted by molar-refractivity contribution is -0.384. The van der Waals surface area contributed by atoms with Gasteiger partial charge in [0, 0.05) is 22.7 Å². The zero-order valence-corrected chi connectivity index (χ0v) is 11.4. The third kappa shape index (κ3) is 3.93. The Kier molecular flexibility index (Phi) is 4.94. The number of anilines is 1. The van der Waals surface area contributed by atoms with Gasteiger partial charge < -0.3 is 10.2 Å². The van der Waals surface area contributed by atoms with Crippen molar-refractivity contribution in [3.8, 4) is 0 Å². The standard InChI is InChI=1S/C10H14IN3O2/c1-13(2)6-5-12-9-4-3-8(11)7-10(9)14(15)16/h3-4,7,12H,5-6H2,1-2H3. The fourth-order valence-corrected chi connectivity index (χ4v) is 1.69. The Morgan fingerprint density at radius 2 is 2.19 bits per heavy atom. The number of rotatable bonds is 5. The van der Waals surface area contributed by atoms with Crippen molar-refractivity contribution in [3.05, 3.63) is 31.9 Å². The summed E-state index contributed by atoms with van der Waals surface area (Å²) in [7, 11) is 3.92. The lowest BCUT2D eigenvalue weighted by atomic mass is 10.2. The van der Waals surface area contributed by atoms with E-state index in [-0.39, 0.29) is 10.6 Å². The molecule has 6 heteroatoms. The number of halogens is 1. The second-order valence-corrected chi connectivity index (χ2v) is 4.89. The molecule has 0 aliphatic carbocycles. The topological polar surface area (TPSA) is 58.4 Å². The van der Waals surface area contributed by atoms with Crippen LogP contribution in [0.5, 0.6) is 0 Å². The first-order valence-electron chi connectivity index (χ1n) is 4.83. The van der Waals surface area contributed by atoms with Gasteiger partial charge in [-0.15, -0.1) is 0 Å². The molecule has 0 unspecified atom stereocenters. The maximum atomic E-state index is 10.8. The quantitative estimate of drug-likeness (QED) is 0.509. The van der Waals surface area contributed by atoms with Crippen LogP contribution < -0.4 is 5.32 Å². The van der Waals surface area contributed by atoms with Crippen molar-refractivity contribution in [2.24, 2.45) is 0 Å². The van der Waals surface area contributed by atoms with Crippen LogP contribution in [0.4, 0.5) is 11.4 Å². The monoisotopic (exact) mass is 335 g/mol. The Labute approximate surface area is 108 Å². The zero-order chi connectivity index (χ0) is 12.1. The van der Waals surface area contributed by atoms with E-state index in [0.29, 0.717) is 12.2 Å². The van der Waals surface area contributed by atoms with Crippen molar-refractivity contribution in [2.75, 3.05) is 32.5 Å². The highest BCUT2D eigenvalue weighted by atomic mass is 127. The van der Waals surface area contributed by atoms with Gasteiger partial charge in [0.05, 0.1) is 4.92 Å². The number of nitro groups is 1. The summed E-state index contributed by atoms with van der Waals surface area (Å²) in [6, 6.07) is 5.17. The van der Waals surface area contributed by atoms with E-state index in [1.807, 2.05) is 25.1 Å². The minimum Gasteiger partial charge on any atom is -0.378 e. The fraction of sp³-hybridized carbons (Fsp3) is 0.400. The molecule has 0 heterocycles. The minimum atomic E-state index is -0.361. The molecular weight excluding hydrogens is 321 g/mol. The molecule has 88 valence electrons. The summed E-state index contributed by atoms with van der Waals surface area (Å²) in [4.78, 5) is 12.5. The average Bonchev–Trinajstić information content (AvgIpc) is 2.19. The summed E-state index contributed by atoms with van der Waals surface area (Å²) in [6.07, 6.45) is 0. The van der Waals surface area contributed by atoms with E-state index in [4.69, 9.17) is 0 Å². The van der Waals surface area contributed by atoms with Gasteiger partial charge in [0.15, 0.2) is 0 Å².